The van der Waals surface area contributed by atoms with Crippen molar-refractivity contribution in [3.63, 3.8) is 0 Å². The van der Waals surface area contributed by atoms with Gasteiger partial charge in [-0.2, -0.15) is 5.10 Å². The Labute approximate surface area is 118 Å². The minimum Gasteiger partial charge on any atom is -0.481 e. The number of nitrogens with zero attached hydrogens (tertiary/aromatic N) is 2. The first-order valence-electron chi connectivity index (χ1n) is 6.73. The van der Waals surface area contributed by atoms with E-state index in [1.54, 1.807) is 4.68 Å². The molecule has 0 aliphatic heterocycles. The molecule has 1 unspecified atom stereocenters. The molecule has 0 bridgehead atoms. The Balaban J connectivity index is 2.06. The molecule has 0 saturated heterocycles. The largest absolute Gasteiger partial charge is 0.481 e. The molecular weight excluding hydrogens is 254 g/mol. The van der Waals surface area contributed by atoms with Crippen molar-refractivity contribution in [3.8, 4) is 5.69 Å². The fourth-order valence-electron chi connectivity index (χ4n) is 2.12. The zero-order chi connectivity index (χ0) is 14.4. The van der Waals surface area contributed by atoms with Crippen LogP contribution in [-0.2, 0) is 11.2 Å². The van der Waals surface area contributed by atoms with Gasteiger partial charge in [-0.25, -0.2) is 4.68 Å². The highest BCUT2D eigenvalue weighted by molar-refractivity contribution is 5.70. The second-order valence-electron chi connectivity index (χ2n) is 4.76. The van der Waals surface area contributed by atoms with Gasteiger partial charge in [0.2, 0.25) is 0 Å². The molecule has 5 nitrogen and oxygen atoms in total. The van der Waals surface area contributed by atoms with Gasteiger partial charge < -0.3 is 10.8 Å². The maximum absolute atomic E-state index is 11.2. The van der Waals surface area contributed by atoms with E-state index in [2.05, 4.69) is 5.10 Å². The average Bonchev–Trinajstić information content (AvgIpc) is 2.92. The molecule has 1 heterocycles. The van der Waals surface area contributed by atoms with E-state index < -0.39 is 11.9 Å². The quantitative estimate of drug-likeness (QED) is 0.806. The predicted molar refractivity (Wildman–Crippen MR) is 76.7 cm³/mol. The van der Waals surface area contributed by atoms with Crippen LogP contribution in [0.4, 0.5) is 0 Å². The number of rotatable bonds is 7. The third-order valence-corrected chi connectivity index (χ3v) is 3.23. The molecule has 1 aromatic carbocycles. The summed E-state index contributed by atoms with van der Waals surface area (Å²) < 4.78 is 1.76. The molecule has 0 fully saturated rings. The topological polar surface area (TPSA) is 81.1 Å². The van der Waals surface area contributed by atoms with Crippen LogP contribution in [0.5, 0.6) is 0 Å². The maximum Gasteiger partial charge on any atom is 0.306 e. The van der Waals surface area contributed by atoms with Crippen molar-refractivity contribution in [2.75, 3.05) is 6.54 Å². The first-order chi connectivity index (χ1) is 9.70. The van der Waals surface area contributed by atoms with Gasteiger partial charge in [-0.1, -0.05) is 18.2 Å². The number of aliphatic carboxylic acids is 1. The summed E-state index contributed by atoms with van der Waals surface area (Å²) in [5.41, 5.74) is 7.19. The van der Waals surface area contributed by atoms with Crippen LogP contribution >= 0.6 is 0 Å². The van der Waals surface area contributed by atoms with Gasteiger partial charge in [-0.3, -0.25) is 4.79 Å². The smallest absolute Gasteiger partial charge is 0.306 e. The summed E-state index contributed by atoms with van der Waals surface area (Å²) in [5, 5.41) is 13.6. The van der Waals surface area contributed by atoms with Crippen molar-refractivity contribution in [3.05, 3.63) is 48.3 Å². The first-order valence-corrected chi connectivity index (χ1v) is 6.73. The molecule has 0 radical (unpaired) electrons. The molecule has 1 atom stereocenters. The standard InChI is InChI=1S/C15H19N3O2/c16-9-4-5-12(15(19)20)11-13-8-10-18(17-13)14-6-2-1-3-7-14/h1-3,6-8,10,12H,4-5,9,11,16H2,(H,19,20). The fraction of sp³-hybridized carbons (Fsp3) is 0.333. The minimum atomic E-state index is -0.785. The van der Waals surface area contributed by atoms with Crippen molar-refractivity contribution in [1.29, 1.82) is 0 Å². The van der Waals surface area contributed by atoms with Gasteiger partial charge >= 0.3 is 5.97 Å². The van der Waals surface area contributed by atoms with Gasteiger partial charge in [-0.15, -0.1) is 0 Å². The van der Waals surface area contributed by atoms with E-state index in [1.807, 2.05) is 42.6 Å². The highest BCUT2D eigenvalue weighted by Gasteiger charge is 2.18. The van der Waals surface area contributed by atoms with Crippen LogP contribution in [0.3, 0.4) is 0 Å². The van der Waals surface area contributed by atoms with Crippen molar-refractivity contribution < 1.29 is 9.90 Å². The van der Waals surface area contributed by atoms with Crippen molar-refractivity contribution >= 4 is 5.97 Å². The number of carbonyl (C=O) groups is 1. The molecule has 0 spiro atoms. The number of nitrogens with two attached hydrogens (primary N) is 1. The van der Waals surface area contributed by atoms with E-state index in [0.29, 0.717) is 19.4 Å². The maximum atomic E-state index is 11.2. The Morgan fingerprint density at radius 2 is 2.05 bits per heavy atom. The van der Waals surface area contributed by atoms with Crippen molar-refractivity contribution in [1.82, 2.24) is 9.78 Å². The average molecular weight is 273 g/mol. The molecular formula is C15H19N3O2. The molecule has 0 aliphatic carbocycles. The monoisotopic (exact) mass is 273 g/mol. The molecule has 3 N–H and O–H groups in total. The third kappa shape index (κ3) is 3.68. The summed E-state index contributed by atoms with van der Waals surface area (Å²) in [7, 11) is 0. The molecule has 5 heteroatoms. The minimum absolute atomic E-state index is 0.419. The molecule has 2 aromatic rings. The molecule has 1 aromatic heterocycles. The van der Waals surface area contributed by atoms with E-state index in [0.717, 1.165) is 17.8 Å². The molecule has 2 rings (SSSR count). The zero-order valence-electron chi connectivity index (χ0n) is 11.3. The molecule has 20 heavy (non-hydrogen) atoms. The molecule has 0 aliphatic rings. The number of carboxylic acid groups (broad SMARTS) is 1. The Kier molecular flexibility index (Phi) is 4.90. The van der Waals surface area contributed by atoms with Gasteiger partial charge in [0.1, 0.15) is 0 Å². The lowest BCUT2D eigenvalue weighted by Crippen LogP contribution is -2.18. The zero-order valence-corrected chi connectivity index (χ0v) is 11.3. The van der Waals surface area contributed by atoms with Crippen LogP contribution in [0.1, 0.15) is 18.5 Å². The Morgan fingerprint density at radius 1 is 1.30 bits per heavy atom. The Bertz CT molecular complexity index is 551. The van der Waals surface area contributed by atoms with Crippen LogP contribution < -0.4 is 5.73 Å². The van der Waals surface area contributed by atoms with Gasteiger partial charge in [0.25, 0.3) is 0 Å². The van der Waals surface area contributed by atoms with Gasteiger partial charge in [0.15, 0.2) is 0 Å². The van der Waals surface area contributed by atoms with Crippen LogP contribution in [0.2, 0.25) is 0 Å². The summed E-state index contributed by atoms with van der Waals surface area (Å²) in [6.07, 6.45) is 3.60. The van der Waals surface area contributed by atoms with Gasteiger partial charge in [0, 0.05) is 12.6 Å². The van der Waals surface area contributed by atoms with Crippen LogP contribution in [0.25, 0.3) is 5.69 Å². The highest BCUT2D eigenvalue weighted by atomic mass is 16.4. The first kappa shape index (κ1) is 14.3. The van der Waals surface area contributed by atoms with Crippen LogP contribution in [-0.4, -0.2) is 27.4 Å². The number of hydrogen-bond donors (Lipinski definition) is 2. The van der Waals surface area contributed by atoms with E-state index in [-0.39, 0.29) is 0 Å². The Morgan fingerprint density at radius 3 is 2.70 bits per heavy atom. The lowest BCUT2D eigenvalue weighted by atomic mass is 9.98. The van der Waals surface area contributed by atoms with Crippen LogP contribution in [0.15, 0.2) is 42.6 Å². The van der Waals surface area contributed by atoms with E-state index in [1.165, 1.54) is 0 Å². The lowest BCUT2D eigenvalue weighted by molar-refractivity contribution is -0.142. The van der Waals surface area contributed by atoms with E-state index in [9.17, 15) is 9.90 Å². The number of aromatic nitrogens is 2. The summed E-state index contributed by atoms with van der Waals surface area (Å²) in [6.45, 7) is 0.516. The van der Waals surface area contributed by atoms with Crippen LogP contribution in [0, 0.1) is 5.92 Å². The number of carboxylic acids is 1. The highest BCUT2D eigenvalue weighted by Crippen LogP contribution is 2.14. The van der Waals surface area contributed by atoms with Crippen molar-refractivity contribution in [2.24, 2.45) is 11.7 Å². The van der Waals surface area contributed by atoms with Gasteiger partial charge in [-0.05, 0) is 37.6 Å². The number of benzene rings is 1. The fourth-order valence-corrected chi connectivity index (χ4v) is 2.12. The third-order valence-electron chi connectivity index (χ3n) is 3.23. The molecule has 106 valence electrons. The number of hydrogen-bond acceptors (Lipinski definition) is 3. The van der Waals surface area contributed by atoms with Gasteiger partial charge in [0.05, 0.1) is 17.3 Å². The second kappa shape index (κ2) is 6.86. The lowest BCUT2D eigenvalue weighted by Gasteiger charge is -2.09. The summed E-state index contributed by atoms with van der Waals surface area (Å²) in [5.74, 6) is -1.20. The summed E-state index contributed by atoms with van der Waals surface area (Å²) in [6, 6.07) is 11.6. The summed E-state index contributed by atoms with van der Waals surface area (Å²) >= 11 is 0. The van der Waals surface area contributed by atoms with Crippen molar-refractivity contribution in [2.45, 2.75) is 19.3 Å². The summed E-state index contributed by atoms with van der Waals surface area (Å²) in [4.78, 5) is 11.2. The Hall–Kier alpha value is -2.14. The molecule has 0 amide bonds. The SMILES string of the molecule is NCCCC(Cc1ccn(-c2ccccc2)n1)C(=O)O. The number of para-hydroxylation sites is 1. The van der Waals surface area contributed by atoms with E-state index >= 15 is 0 Å². The normalized spacial score (nSPS) is 12.2. The second-order valence-corrected chi connectivity index (χ2v) is 4.76. The molecule has 0 saturated carbocycles. The van der Waals surface area contributed by atoms with E-state index in [4.69, 9.17) is 5.73 Å². The predicted octanol–water partition coefficient (Wildman–Crippen LogP) is 1.85.